The number of methoxy groups -OCH3 is 1. The van der Waals surface area contributed by atoms with E-state index in [0.29, 0.717) is 0 Å². The molecule has 37 heavy (non-hydrogen) atoms. The van der Waals surface area contributed by atoms with Crippen LogP contribution in [0.1, 0.15) is 43.7 Å². The van der Waals surface area contributed by atoms with Gasteiger partial charge in [0.2, 0.25) is 0 Å². The standard InChI is InChI=1S/C29H41NO6Si/c1-18-8-13-22-20(15-19-9-11-21(33-5)12-10-19)16-30(23(22)14-18)28-27(36-37(6)7)26(32)25(31)24(35-28)17-34-29(2,3)4/h8-14,16,24-28,31-32,37H,15,17H2,1-7H3/t24-,25-,26+,27-,28-/m1/s1. The molecule has 202 valence electrons. The Kier molecular flexibility index (Phi) is 8.47. The summed E-state index contributed by atoms with van der Waals surface area (Å²) in [6.07, 6.45) is -1.39. The van der Waals surface area contributed by atoms with Crippen LogP contribution in [0.5, 0.6) is 5.75 Å². The summed E-state index contributed by atoms with van der Waals surface area (Å²) in [7, 11) is 0.0928. The first-order valence-corrected chi connectivity index (χ1v) is 15.8. The number of aliphatic hydroxyl groups excluding tert-OH is 2. The van der Waals surface area contributed by atoms with E-state index < -0.39 is 45.3 Å². The summed E-state index contributed by atoms with van der Waals surface area (Å²) in [5.41, 5.74) is 4.05. The predicted octanol–water partition coefficient (Wildman–Crippen LogP) is 4.35. The minimum absolute atomic E-state index is 0.168. The van der Waals surface area contributed by atoms with Gasteiger partial charge in [-0.2, -0.15) is 0 Å². The lowest BCUT2D eigenvalue weighted by atomic mass is 9.98. The second-order valence-corrected chi connectivity index (χ2v) is 13.6. The molecule has 7 nitrogen and oxygen atoms in total. The fourth-order valence-corrected chi connectivity index (χ4v) is 5.75. The zero-order chi connectivity index (χ0) is 26.9. The molecule has 0 aliphatic carbocycles. The average molecular weight is 528 g/mol. The van der Waals surface area contributed by atoms with Gasteiger partial charge >= 0.3 is 0 Å². The highest BCUT2D eigenvalue weighted by molar-refractivity contribution is 6.48. The number of aryl methyl sites for hydroxylation is 1. The fourth-order valence-electron chi connectivity index (χ4n) is 4.82. The Balaban J connectivity index is 1.75. The van der Waals surface area contributed by atoms with E-state index in [0.717, 1.165) is 34.2 Å². The molecule has 2 aromatic carbocycles. The molecule has 4 rings (SSSR count). The largest absolute Gasteiger partial charge is 0.497 e. The van der Waals surface area contributed by atoms with Crippen molar-refractivity contribution in [2.24, 2.45) is 0 Å². The van der Waals surface area contributed by atoms with Crippen molar-refractivity contribution in [2.45, 2.75) is 83.5 Å². The van der Waals surface area contributed by atoms with Crippen LogP contribution >= 0.6 is 0 Å². The maximum absolute atomic E-state index is 11.2. The molecule has 0 bridgehead atoms. The molecule has 2 N–H and O–H groups in total. The smallest absolute Gasteiger partial charge is 0.171 e. The molecule has 2 heterocycles. The van der Waals surface area contributed by atoms with E-state index in [2.05, 4.69) is 61.1 Å². The van der Waals surface area contributed by atoms with Crippen LogP contribution in [-0.2, 0) is 20.3 Å². The van der Waals surface area contributed by atoms with E-state index >= 15 is 0 Å². The third kappa shape index (κ3) is 6.45. The Morgan fingerprint density at radius 1 is 1.03 bits per heavy atom. The van der Waals surface area contributed by atoms with Crippen molar-refractivity contribution in [3.05, 3.63) is 65.4 Å². The third-order valence-corrected chi connectivity index (χ3v) is 7.53. The maximum atomic E-state index is 11.2. The van der Waals surface area contributed by atoms with Crippen molar-refractivity contribution in [1.29, 1.82) is 0 Å². The highest BCUT2D eigenvalue weighted by Gasteiger charge is 2.47. The van der Waals surface area contributed by atoms with Crippen molar-refractivity contribution in [3.8, 4) is 5.75 Å². The molecule has 8 heteroatoms. The predicted molar refractivity (Wildman–Crippen MR) is 148 cm³/mol. The molecule has 1 aromatic heterocycles. The van der Waals surface area contributed by atoms with Crippen molar-refractivity contribution in [3.63, 3.8) is 0 Å². The molecule has 0 spiro atoms. The number of benzene rings is 2. The Hall–Kier alpha value is -2.20. The number of nitrogens with zero attached hydrogens (tertiary/aromatic N) is 1. The van der Waals surface area contributed by atoms with Crippen molar-refractivity contribution < 1.29 is 28.8 Å². The van der Waals surface area contributed by atoms with Crippen molar-refractivity contribution in [2.75, 3.05) is 13.7 Å². The van der Waals surface area contributed by atoms with Crippen LogP contribution in [0.2, 0.25) is 13.1 Å². The van der Waals surface area contributed by atoms with Crippen LogP contribution in [0.3, 0.4) is 0 Å². The number of hydrogen-bond acceptors (Lipinski definition) is 6. The lowest BCUT2D eigenvalue weighted by Crippen LogP contribution is -2.58. The Bertz CT molecular complexity index is 1190. The van der Waals surface area contributed by atoms with Crippen LogP contribution in [-0.4, -0.2) is 67.6 Å². The highest BCUT2D eigenvalue weighted by Crippen LogP contribution is 2.36. The van der Waals surface area contributed by atoms with Gasteiger partial charge in [0.15, 0.2) is 15.3 Å². The average Bonchev–Trinajstić information content (AvgIpc) is 3.18. The highest BCUT2D eigenvalue weighted by atomic mass is 28.3. The Labute approximate surface area is 221 Å². The van der Waals surface area contributed by atoms with Crippen LogP contribution in [0.25, 0.3) is 10.9 Å². The maximum Gasteiger partial charge on any atom is 0.171 e. The van der Waals surface area contributed by atoms with E-state index in [1.54, 1.807) is 7.11 Å². The molecule has 0 amide bonds. The lowest BCUT2D eigenvalue weighted by molar-refractivity contribution is -0.253. The minimum atomic E-state index is -1.57. The first-order chi connectivity index (χ1) is 17.5. The normalized spacial score (nSPS) is 24.6. The molecule has 1 aliphatic rings. The molecule has 0 unspecified atom stereocenters. The van der Waals surface area contributed by atoms with Crippen LogP contribution in [0.15, 0.2) is 48.7 Å². The minimum Gasteiger partial charge on any atom is -0.497 e. The van der Waals surface area contributed by atoms with Gasteiger partial charge < -0.3 is 33.4 Å². The summed E-state index contributed by atoms with van der Waals surface area (Å²) in [6, 6.07) is 14.5. The zero-order valence-electron chi connectivity index (χ0n) is 23.0. The fraction of sp³-hybridized carbons (Fsp3) is 0.517. The quantitative estimate of drug-likeness (QED) is 0.424. The molecule has 1 fully saturated rings. The summed E-state index contributed by atoms with van der Waals surface area (Å²) in [5, 5.41) is 23.3. The van der Waals surface area contributed by atoms with E-state index in [-0.39, 0.29) is 6.61 Å². The Morgan fingerprint density at radius 2 is 1.73 bits per heavy atom. The molecule has 0 saturated carbocycles. The summed E-state index contributed by atoms with van der Waals surface area (Å²) >= 11 is 0. The van der Waals surface area contributed by atoms with Gasteiger partial charge in [0.25, 0.3) is 0 Å². The number of rotatable bonds is 8. The molecular weight excluding hydrogens is 486 g/mol. The Morgan fingerprint density at radius 3 is 2.35 bits per heavy atom. The number of aliphatic hydroxyl groups is 2. The van der Waals surface area contributed by atoms with Crippen LogP contribution < -0.4 is 4.74 Å². The van der Waals surface area contributed by atoms with Gasteiger partial charge in [-0.3, -0.25) is 0 Å². The molecule has 0 radical (unpaired) electrons. The molecule has 1 saturated heterocycles. The number of fused-ring (bicyclic) bond motifs is 1. The molecular formula is C29H41NO6Si. The van der Waals surface area contributed by atoms with Gasteiger partial charge in [-0.25, -0.2) is 0 Å². The van der Waals surface area contributed by atoms with Crippen LogP contribution in [0, 0.1) is 6.92 Å². The summed E-state index contributed by atoms with van der Waals surface area (Å²) in [4.78, 5) is 0. The number of aromatic nitrogens is 1. The lowest BCUT2D eigenvalue weighted by Gasteiger charge is -2.44. The third-order valence-electron chi connectivity index (χ3n) is 6.67. The van der Waals surface area contributed by atoms with Gasteiger partial charge in [0, 0.05) is 11.6 Å². The molecule has 3 aromatic rings. The van der Waals surface area contributed by atoms with Crippen LogP contribution in [0.4, 0.5) is 0 Å². The van der Waals surface area contributed by atoms with Gasteiger partial charge in [-0.1, -0.05) is 24.3 Å². The van der Waals surface area contributed by atoms with Gasteiger partial charge in [-0.15, -0.1) is 0 Å². The van der Waals surface area contributed by atoms with E-state index in [1.165, 1.54) is 5.56 Å². The first kappa shape index (κ1) is 27.8. The van der Waals surface area contributed by atoms with E-state index in [1.807, 2.05) is 32.9 Å². The summed E-state index contributed by atoms with van der Waals surface area (Å²) in [5.74, 6) is 0.825. The van der Waals surface area contributed by atoms with E-state index in [4.69, 9.17) is 18.6 Å². The molecule has 5 atom stereocenters. The second kappa shape index (κ2) is 11.3. The van der Waals surface area contributed by atoms with Gasteiger partial charge in [0.1, 0.15) is 30.2 Å². The monoisotopic (exact) mass is 527 g/mol. The zero-order valence-corrected chi connectivity index (χ0v) is 24.1. The SMILES string of the molecule is COc1ccc(Cc2cn([C@@H]3O[C@H](COC(C)(C)C)[C@@H](O)[C@H](O)[C@H]3O[SiH](C)C)c3cc(C)ccc23)cc1. The van der Waals surface area contributed by atoms with Crippen molar-refractivity contribution >= 4 is 19.9 Å². The van der Waals surface area contributed by atoms with Gasteiger partial charge in [-0.05, 0) is 82.1 Å². The molecule has 1 aliphatic heterocycles. The second-order valence-electron chi connectivity index (χ2n) is 11.2. The van der Waals surface area contributed by atoms with Crippen molar-refractivity contribution in [1.82, 2.24) is 4.57 Å². The number of hydrogen-bond donors (Lipinski definition) is 2. The number of ether oxygens (including phenoxy) is 3. The summed E-state index contributed by atoms with van der Waals surface area (Å²) < 4.78 is 26.1. The first-order valence-electron chi connectivity index (χ1n) is 13.0. The van der Waals surface area contributed by atoms with E-state index in [9.17, 15) is 10.2 Å². The topological polar surface area (TPSA) is 82.3 Å². The van der Waals surface area contributed by atoms with Gasteiger partial charge in [0.05, 0.1) is 24.8 Å². The summed E-state index contributed by atoms with van der Waals surface area (Å²) in [6.45, 7) is 12.2.